The number of ether oxygens (including phenoxy) is 1. The highest BCUT2D eigenvalue weighted by atomic mass is 16.5. The van der Waals surface area contributed by atoms with Crippen LogP contribution in [0.15, 0.2) is 47.7 Å². The Morgan fingerprint density at radius 1 is 1.19 bits per heavy atom. The lowest BCUT2D eigenvalue weighted by atomic mass is 10.2. The summed E-state index contributed by atoms with van der Waals surface area (Å²) in [6.45, 7) is 3.76. The van der Waals surface area contributed by atoms with Crippen LogP contribution in [-0.4, -0.2) is 36.7 Å². The van der Waals surface area contributed by atoms with Gasteiger partial charge in [-0.05, 0) is 24.6 Å². The van der Waals surface area contributed by atoms with Crippen LogP contribution in [-0.2, 0) is 18.3 Å². The van der Waals surface area contributed by atoms with Crippen LogP contribution in [0.2, 0.25) is 0 Å². The number of carbonyl (C=O) groups is 1. The molecule has 0 spiro atoms. The Morgan fingerprint density at radius 2 is 2.00 bits per heavy atom. The van der Waals surface area contributed by atoms with Gasteiger partial charge in [0.15, 0.2) is 5.65 Å². The monoisotopic (exact) mass is 435 g/mol. The number of anilines is 3. The minimum absolute atomic E-state index is 0.0983. The largest absolute Gasteiger partial charge is 0.478 e. The van der Waals surface area contributed by atoms with Gasteiger partial charge in [0.2, 0.25) is 5.91 Å². The number of hydrogen-bond acceptors (Lipinski definition) is 6. The number of nitrogens with one attached hydrogen (secondary N) is 2. The van der Waals surface area contributed by atoms with Crippen molar-refractivity contribution >= 4 is 28.6 Å². The molecule has 1 aromatic carbocycles. The van der Waals surface area contributed by atoms with Crippen molar-refractivity contribution in [2.24, 2.45) is 7.05 Å². The van der Waals surface area contributed by atoms with Gasteiger partial charge >= 0.3 is 5.69 Å². The van der Waals surface area contributed by atoms with E-state index in [2.05, 4.69) is 20.7 Å². The zero-order valence-corrected chi connectivity index (χ0v) is 18.4. The molecule has 0 aliphatic heterocycles. The summed E-state index contributed by atoms with van der Waals surface area (Å²) in [5.74, 6) is 0.328. The molecule has 2 N–H and O–H groups in total. The predicted octanol–water partition coefficient (Wildman–Crippen LogP) is 2.88. The number of methoxy groups -OCH3 is 1. The van der Waals surface area contributed by atoms with Crippen molar-refractivity contribution in [1.82, 2.24) is 23.7 Å². The average molecular weight is 435 g/mol. The van der Waals surface area contributed by atoms with Crippen molar-refractivity contribution in [2.75, 3.05) is 17.7 Å². The highest BCUT2D eigenvalue weighted by Crippen LogP contribution is 2.28. The number of fused-ring (bicyclic) bond motifs is 1. The van der Waals surface area contributed by atoms with E-state index >= 15 is 0 Å². The number of benzene rings is 1. The Labute approximate surface area is 184 Å². The number of hydrogen-bond donors (Lipinski definition) is 2. The van der Waals surface area contributed by atoms with E-state index in [-0.39, 0.29) is 11.6 Å². The number of nitrogens with zero attached hydrogens (tertiary/aromatic N) is 5. The summed E-state index contributed by atoms with van der Waals surface area (Å²) in [4.78, 5) is 29.7. The van der Waals surface area contributed by atoms with Gasteiger partial charge in [-0.25, -0.2) is 14.2 Å². The Balaban J connectivity index is 1.88. The summed E-state index contributed by atoms with van der Waals surface area (Å²) in [5.41, 5.74) is 3.53. The van der Waals surface area contributed by atoms with Crippen molar-refractivity contribution in [3.05, 3.63) is 59.0 Å². The molecular weight excluding hydrogens is 410 g/mol. The Hall–Kier alpha value is -4.08. The molecule has 1 amide bonds. The van der Waals surface area contributed by atoms with Crippen molar-refractivity contribution in [3.8, 4) is 11.6 Å². The van der Waals surface area contributed by atoms with Gasteiger partial charge in [0.1, 0.15) is 5.69 Å². The van der Waals surface area contributed by atoms with E-state index in [1.165, 1.54) is 4.57 Å². The summed E-state index contributed by atoms with van der Waals surface area (Å²) in [5, 5.41) is 10.4. The fourth-order valence-corrected chi connectivity index (χ4v) is 3.50. The number of aryl methyl sites for hydroxylation is 2. The molecule has 0 radical (unpaired) electrons. The molecule has 3 heterocycles. The van der Waals surface area contributed by atoms with Crippen LogP contribution >= 0.6 is 0 Å². The lowest BCUT2D eigenvalue weighted by molar-refractivity contribution is -0.115. The van der Waals surface area contributed by atoms with Gasteiger partial charge in [-0.3, -0.25) is 14.0 Å². The third-order valence-corrected chi connectivity index (χ3v) is 5.08. The lowest BCUT2D eigenvalue weighted by Gasteiger charge is -2.14. The lowest BCUT2D eigenvalue weighted by Crippen LogP contribution is -2.27. The smallest absolute Gasteiger partial charge is 0.338 e. The van der Waals surface area contributed by atoms with Gasteiger partial charge in [0, 0.05) is 37.2 Å². The van der Waals surface area contributed by atoms with Crippen LogP contribution < -0.4 is 21.1 Å². The quantitative estimate of drug-likeness (QED) is 0.462. The average Bonchev–Trinajstić information content (AvgIpc) is 3.39. The maximum atomic E-state index is 13.4. The van der Waals surface area contributed by atoms with E-state index in [0.29, 0.717) is 47.1 Å². The molecule has 0 saturated carbocycles. The standard InChI is InChI=1S/C22H25N7O3/c1-5-15-11-23-20-17(25-18-12-27(3)26-21(18)32-4)13-28(22(31)29(15)20)16-9-7-8-14(10-16)24-19(30)6-2/h7-13,25H,5-6H2,1-4H3,(H,24,30). The van der Waals surface area contributed by atoms with Gasteiger partial charge in [-0.2, -0.15) is 0 Å². The molecular formula is C22H25N7O3. The van der Waals surface area contributed by atoms with Crippen LogP contribution in [0.25, 0.3) is 11.3 Å². The van der Waals surface area contributed by atoms with E-state index in [4.69, 9.17) is 4.74 Å². The molecule has 0 bridgehead atoms. The second-order valence-corrected chi connectivity index (χ2v) is 7.26. The third-order valence-electron chi connectivity index (χ3n) is 5.08. The highest BCUT2D eigenvalue weighted by molar-refractivity contribution is 5.90. The van der Waals surface area contributed by atoms with Crippen molar-refractivity contribution in [1.29, 1.82) is 0 Å². The topological polar surface area (TPSA) is 107 Å². The number of rotatable bonds is 7. The molecule has 32 heavy (non-hydrogen) atoms. The first-order chi connectivity index (χ1) is 15.4. The van der Waals surface area contributed by atoms with Gasteiger partial charge in [-0.15, -0.1) is 5.10 Å². The number of carbonyl (C=O) groups excluding carboxylic acids is 1. The second kappa shape index (κ2) is 8.58. The zero-order valence-electron chi connectivity index (χ0n) is 18.4. The van der Waals surface area contributed by atoms with E-state index in [1.54, 1.807) is 67.0 Å². The molecule has 0 unspecified atom stereocenters. The Morgan fingerprint density at radius 3 is 2.72 bits per heavy atom. The Kier molecular flexibility index (Phi) is 5.67. The maximum Gasteiger partial charge on any atom is 0.338 e. The van der Waals surface area contributed by atoms with Gasteiger partial charge in [0.25, 0.3) is 5.88 Å². The number of aromatic nitrogens is 5. The van der Waals surface area contributed by atoms with Gasteiger partial charge in [0.05, 0.1) is 24.7 Å². The summed E-state index contributed by atoms with van der Waals surface area (Å²) < 4.78 is 10.1. The molecule has 10 heteroatoms. The molecule has 0 fully saturated rings. The van der Waals surface area contributed by atoms with Gasteiger partial charge in [-0.1, -0.05) is 19.9 Å². The first-order valence-electron chi connectivity index (χ1n) is 10.3. The normalized spacial score (nSPS) is 11.0. The summed E-state index contributed by atoms with van der Waals surface area (Å²) in [6, 6.07) is 7.15. The highest BCUT2D eigenvalue weighted by Gasteiger charge is 2.17. The van der Waals surface area contributed by atoms with Crippen molar-refractivity contribution < 1.29 is 9.53 Å². The maximum absolute atomic E-state index is 13.4. The number of imidazole rings is 1. The number of amides is 1. The fourth-order valence-electron chi connectivity index (χ4n) is 3.50. The SMILES string of the molecule is CCC(=O)Nc1cccc(-n2cc(Nc3cn(C)nc3OC)c3ncc(CC)n3c2=O)c1. The minimum atomic E-state index is -0.253. The van der Waals surface area contributed by atoms with Crippen LogP contribution in [0, 0.1) is 0 Å². The Bertz CT molecular complexity index is 1350. The third kappa shape index (κ3) is 3.82. The van der Waals surface area contributed by atoms with Crippen LogP contribution in [0.5, 0.6) is 5.88 Å². The van der Waals surface area contributed by atoms with Gasteiger partial charge < -0.3 is 15.4 Å². The molecule has 166 valence electrons. The minimum Gasteiger partial charge on any atom is -0.478 e. The van der Waals surface area contributed by atoms with Crippen molar-refractivity contribution in [3.63, 3.8) is 0 Å². The predicted molar refractivity (Wildman–Crippen MR) is 122 cm³/mol. The fraction of sp³-hybridized carbons (Fsp3) is 0.273. The summed E-state index contributed by atoms with van der Waals surface area (Å²) >= 11 is 0. The van der Waals surface area contributed by atoms with E-state index < -0.39 is 0 Å². The molecule has 0 aliphatic rings. The zero-order chi connectivity index (χ0) is 22.8. The first kappa shape index (κ1) is 21.2. The van der Waals surface area contributed by atoms with E-state index in [1.807, 2.05) is 13.0 Å². The molecule has 0 saturated heterocycles. The molecule has 4 aromatic rings. The molecule has 3 aromatic heterocycles. The summed E-state index contributed by atoms with van der Waals surface area (Å²) in [7, 11) is 3.34. The van der Waals surface area contributed by atoms with E-state index in [0.717, 1.165) is 5.69 Å². The molecule has 0 aliphatic carbocycles. The van der Waals surface area contributed by atoms with Crippen LogP contribution in [0.1, 0.15) is 26.0 Å². The van der Waals surface area contributed by atoms with Crippen LogP contribution in [0.3, 0.4) is 0 Å². The van der Waals surface area contributed by atoms with E-state index in [9.17, 15) is 9.59 Å². The summed E-state index contributed by atoms with van der Waals surface area (Å²) in [6.07, 6.45) is 6.19. The molecule has 4 rings (SSSR count). The van der Waals surface area contributed by atoms with Crippen molar-refractivity contribution in [2.45, 2.75) is 26.7 Å². The second-order valence-electron chi connectivity index (χ2n) is 7.26. The van der Waals surface area contributed by atoms with Crippen LogP contribution in [0.4, 0.5) is 17.1 Å². The first-order valence-corrected chi connectivity index (χ1v) is 10.3. The molecule has 10 nitrogen and oxygen atoms in total. The molecule has 0 atom stereocenters.